The van der Waals surface area contributed by atoms with Gasteiger partial charge < -0.3 is 10.1 Å². The van der Waals surface area contributed by atoms with Gasteiger partial charge in [-0.15, -0.1) is 11.3 Å². The van der Waals surface area contributed by atoms with Crippen LogP contribution in [-0.4, -0.2) is 24.7 Å². The summed E-state index contributed by atoms with van der Waals surface area (Å²) in [4.78, 5) is 4.63. The van der Waals surface area contributed by atoms with E-state index >= 15 is 0 Å². The zero-order valence-electron chi connectivity index (χ0n) is 12.2. The van der Waals surface area contributed by atoms with Gasteiger partial charge in [-0.1, -0.05) is 17.7 Å². The van der Waals surface area contributed by atoms with E-state index in [4.69, 9.17) is 4.74 Å². The molecule has 2 rings (SSSR count). The molecule has 1 aromatic heterocycles. The maximum absolute atomic E-state index is 5.35. The van der Waals surface area contributed by atoms with Crippen LogP contribution in [0.1, 0.15) is 23.2 Å². The SMILES string of the molecule is CCOCCc1nc(CCNc2ccc(C)cc2)cs1. The van der Waals surface area contributed by atoms with Gasteiger partial charge in [0.25, 0.3) is 0 Å². The second-order valence-corrected chi connectivity index (χ2v) is 5.66. The molecule has 0 aliphatic carbocycles. The van der Waals surface area contributed by atoms with Crippen LogP contribution in [0.2, 0.25) is 0 Å². The molecule has 0 bridgehead atoms. The van der Waals surface area contributed by atoms with Gasteiger partial charge in [0.1, 0.15) is 0 Å². The standard InChI is InChI=1S/C16H22N2OS/c1-3-19-11-9-16-18-15(12-20-16)8-10-17-14-6-4-13(2)5-7-14/h4-7,12,17H,3,8-11H2,1-2H3. The van der Waals surface area contributed by atoms with Crippen LogP contribution in [0.25, 0.3) is 0 Å². The van der Waals surface area contributed by atoms with Crippen LogP contribution in [0.15, 0.2) is 29.6 Å². The van der Waals surface area contributed by atoms with E-state index in [1.54, 1.807) is 11.3 Å². The van der Waals surface area contributed by atoms with E-state index < -0.39 is 0 Å². The molecule has 1 N–H and O–H groups in total. The Morgan fingerprint density at radius 3 is 2.75 bits per heavy atom. The van der Waals surface area contributed by atoms with Gasteiger partial charge in [0.2, 0.25) is 0 Å². The molecule has 1 aromatic carbocycles. The smallest absolute Gasteiger partial charge is 0.0951 e. The molecular formula is C16H22N2OS. The van der Waals surface area contributed by atoms with Gasteiger partial charge in [-0.3, -0.25) is 0 Å². The summed E-state index contributed by atoms with van der Waals surface area (Å²) in [5.74, 6) is 0. The molecule has 0 unspecified atom stereocenters. The number of benzene rings is 1. The van der Waals surface area contributed by atoms with Crippen LogP contribution >= 0.6 is 11.3 Å². The highest BCUT2D eigenvalue weighted by Crippen LogP contribution is 2.12. The van der Waals surface area contributed by atoms with Crippen molar-refractivity contribution in [3.8, 4) is 0 Å². The number of nitrogens with one attached hydrogen (secondary N) is 1. The van der Waals surface area contributed by atoms with E-state index in [2.05, 4.69) is 46.9 Å². The number of rotatable bonds is 8. The van der Waals surface area contributed by atoms with Crippen molar-refractivity contribution in [3.63, 3.8) is 0 Å². The number of thiazole rings is 1. The van der Waals surface area contributed by atoms with Crippen molar-refractivity contribution in [1.29, 1.82) is 0 Å². The average Bonchev–Trinajstić information content (AvgIpc) is 2.89. The van der Waals surface area contributed by atoms with Crippen LogP contribution in [0.4, 0.5) is 5.69 Å². The third-order valence-corrected chi connectivity index (χ3v) is 3.98. The number of anilines is 1. The van der Waals surface area contributed by atoms with Gasteiger partial charge in [-0.05, 0) is 26.0 Å². The van der Waals surface area contributed by atoms with Gasteiger partial charge in [0.15, 0.2) is 0 Å². The Morgan fingerprint density at radius 1 is 1.20 bits per heavy atom. The predicted molar refractivity (Wildman–Crippen MR) is 85.7 cm³/mol. The normalized spacial score (nSPS) is 10.7. The minimum Gasteiger partial charge on any atom is -0.385 e. The van der Waals surface area contributed by atoms with Crippen molar-refractivity contribution in [2.24, 2.45) is 0 Å². The number of ether oxygens (including phenoxy) is 1. The summed E-state index contributed by atoms with van der Waals surface area (Å²) in [5.41, 5.74) is 3.62. The van der Waals surface area contributed by atoms with Gasteiger partial charge in [-0.25, -0.2) is 4.98 Å². The quantitative estimate of drug-likeness (QED) is 0.753. The molecule has 0 saturated heterocycles. The van der Waals surface area contributed by atoms with Crippen molar-refractivity contribution in [3.05, 3.63) is 45.9 Å². The van der Waals surface area contributed by atoms with E-state index in [1.807, 2.05) is 6.92 Å². The van der Waals surface area contributed by atoms with E-state index in [9.17, 15) is 0 Å². The summed E-state index contributed by atoms with van der Waals surface area (Å²) in [7, 11) is 0. The third-order valence-electron chi connectivity index (χ3n) is 3.03. The summed E-state index contributed by atoms with van der Waals surface area (Å²) in [6.45, 7) is 6.58. The highest BCUT2D eigenvalue weighted by molar-refractivity contribution is 7.09. The zero-order chi connectivity index (χ0) is 14.2. The predicted octanol–water partition coefficient (Wildman–Crippen LogP) is 3.69. The Morgan fingerprint density at radius 2 is 2.00 bits per heavy atom. The number of nitrogens with zero attached hydrogens (tertiary/aromatic N) is 1. The first-order valence-electron chi connectivity index (χ1n) is 7.09. The van der Waals surface area contributed by atoms with Gasteiger partial charge in [-0.2, -0.15) is 0 Å². The van der Waals surface area contributed by atoms with Crippen LogP contribution in [0, 0.1) is 6.92 Å². The second-order valence-electron chi connectivity index (χ2n) is 4.72. The molecule has 108 valence electrons. The molecule has 0 saturated carbocycles. The Bertz CT molecular complexity index is 507. The minimum absolute atomic E-state index is 0.769. The van der Waals surface area contributed by atoms with E-state index in [0.29, 0.717) is 0 Å². The molecule has 3 nitrogen and oxygen atoms in total. The van der Waals surface area contributed by atoms with Crippen molar-refractivity contribution < 1.29 is 4.74 Å². The fourth-order valence-electron chi connectivity index (χ4n) is 1.89. The zero-order valence-corrected chi connectivity index (χ0v) is 13.0. The summed E-state index contributed by atoms with van der Waals surface area (Å²) in [6, 6.07) is 8.47. The molecule has 1 heterocycles. The maximum Gasteiger partial charge on any atom is 0.0951 e. The lowest BCUT2D eigenvalue weighted by molar-refractivity contribution is 0.151. The van der Waals surface area contributed by atoms with Gasteiger partial charge in [0, 0.05) is 37.1 Å². The molecule has 2 aromatic rings. The van der Waals surface area contributed by atoms with Crippen LogP contribution in [0.5, 0.6) is 0 Å². The summed E-state index contributed by atoms with van der Waals surface area (Å²) in [6.07, 6.45) is 1.88. The second kappa shape index (κ2) is 8.02. The fraction of sp³-hybridized carbons (Fsp3) is 0.438. The summed E-state index contributed by atoms with van der Waals surface area (Å²) >= 11 is 1.73. The summed E-state index contributed by atoms with van der Waals surface area (Å²) < 4.78 is 5.35. The highest BCUT2D eigenvalue weighted by atomic mass is 32.1. The van der Waals surface area contributed by atoms with Crippen LogP contribution in [-0.2, 0) is 17.6 Å². The van der Waals surface area contributed by atoms with Gasteiger partial charge >= 0.3 is 0 Å². The maximum atomic E-state index is 5.35. The Balaban J connectivity index is 1.72. The molecule has 0 amide bonds. The molecular weight excluding hydrogens is 268 g/mol. The molecule has 4 heteroatoms. The van der Waals surface area contributed by atoms with Crippen molar-refractivity contribution in [2.75, 3.05) is 25.1 Å². The van der Waals surface area contributed by atoms with Crippen molar-refractivity contribution in [2.45, 2.75) is 26.7 Å². The van der Waals surface area contributed by atoms with Crippen molar-refractivity contribution >= 4 is 17.0 Å². The summed E-state index contributed by atoms with van der Waals surface area (Å²) in [5, 5.41) is 6.74. The van der Waals surface area contributed by atoms with Gasteiger partial charge in [0.05, 0.1) is 17.3 Å². The Labute approximate surface area is 125 Å². The number of hydrogen-bond acceptors (Lipinski definition) is 4. The fourth-order valence-corrected chi connectivity index (χ4v) is 2.70. The molecule has 0 aliphatic rings. The minimum atomic E-state index is 0.769. The van der Waals surface area contributed by atoms with E-state index in [0.717, 1.165) is 32.6 Å². The van der Waals surface area contributed by atoms with Crippen LogP contribution < -0.4 is 5.32 Å². The number of hydrogen-bond donors (Lipinski definition) is 1. The Kier molecular flexibility index (Phi) is 6.02. The average molecular weight is 290 g/mol. The van der Waals surface area contributed by atoms with Crippen LogP contribution in [0.3, 0.4) is 0 Å². The Hall–Kier alpha value is -1.39. The number of aromatic nitrogens is 1. The molecule has 0 atom stereocenters. The molecule has 20 heavy (non-hydrogen) atoms. The first-order valence-corrected chi connectivity index (χ1v) is 7.97. The molecule has 0 aliphatic heterocycles. The number of aryl methyl sites for hydroxylation is 1. The molecule has 0 fully saturated rings. The van der Waals surface area contributed by atoms with E-state index in [-0.39, 0.29) is 0 Å². The monoisotopic (exact) mass is 290 g/mol. The third kappa shape index (κ3) is 4.94. The first-order chi connectivity index (χ1) is 9.78. The topological polar surface area (TPSA) is 34.1 Å². The molecule has 0 spiro atoms. The first kappa shape index (κ1) is 15.0. The lowest BCUT2D eigenvalue weighted by atomic mass is 10.2. The highest BCUT2D eigenvalue weighted by Gasteiger charge is 2.02. The lowest BCUT2D eigenvalue weighted by Crippen LogP contribution is -2.05. The van der Waals surface area contributed by atoms with Crippen molar-refractivity contribution in [1.82, 2.24) is 4.98 Å². The molecule has 0 radical (unpaired) electrons. The van der Waals surface area contributed by atoms with E-state index in [1.165, 1.54) is 22.0 Å². The lowest BCUT2D eigenvalue weighted by Gasteiger charge is -2.05. The largest absolute Gasteiger partial charge is 0.385 e.